The summed E-state index contributed by atoms with van der Waals surface area (Å²) in [5.74, 6) is 0. The van der Waals surface area contributed by atoms with Gasteiger partial charge in [-0.05, 0) is 0 Å². The molecule has 40 heteroatoms. The van der Waals surface area contributed by atoms with Crippen molar-refractivity contribution in [2.45, 2.75) is 0 Å². The van der Waals surface area contributed by atoms with Crippen LogP contribution in [0.15, 0.2) is 0 Å². The van der Waals surface area contributed by atoms with Crippen LogP contribution >= 0.6 is 83.9 Å². The summed E-state index contributed by atoms with van der Waals surface area (Å²) in [6.07, 6.45) is 0. The molecule has 0 bridgehead atoms. The van der Waals surface area contributed by atoms with E-state index in [0.717, 1.165) is 0 Å². The first-order valence-electron chi connectivity index (χ1n) is 5.48. The summed E-state index contributed by atoms with van der Waals surface area (Å²) < 4.78 is 106. The molecular weight excluding hydrogens is 937 g/mol. The van der Waals surface area contributed by atoms with Crippen LogP contribution in [0, 0.1) is 0 Å². The van der Waals surface area contributed by atoms with E-state index in [1.54, 1.807) is 0 Å². The van der Waals surface area contributed by atoms with Gasteiger partial charge in [0.1, 0.15) is 0 Å². The van der Waals surface area contributed by atoms with E-state index in [9.17, 15) is 86.1 Å². The van der Waals surface area contributed by atoms with Gasteiger partial charge in [0, 0.05) is 0 Å². The summed E-state index contributed by atoms with van der Waals surface area (Å²) in [6, 6.07) is 0. The van der Waals surface area contributed by atoms with Crippen molar-refractivity contribution in [2.75, 3.05) is 0 Å². The average molecular weight is 943 g/mol. The van der Waals surface area contributed by atoms with Gasteiger partial charge in [-0.25, -0.2) is 0 Å². The monoisotopic (exact) mass is 943 g/mol. The zero-order valence-corrected chi connectivity index (χ0v) is 28.8. The smallest absolute Gasteiger partial charge is 0.790 e. The molecule has 0 aromatic heterocycles. The van der Waals surface area contributed by atoms with Crippen LogP contribution in [0.2, 0.25) is 0 Å². The van der Waals surface area contributed by atoms with Crippen LogP contribution in [0.5, 0.6) is 0 Å². The topological polar surface area (TPSA) is 528 Å². The van der Waals surface area contributed by atoms with Gasteiger partial charge in [-0.15, -0.1) is 0 Å². The normalized spacial score (nSPS) is 10.7. The molecule has 0 saturated heterocycles. The van der Waals surface area contributed by atoms with E-state index < -0.39 is 46.9 Å². The molecule has 40 heavy (non-hydrogen) atoms. The number of hydrogen-bond acceptors (Lipinski definition) is 30. The van der Waals surface area contributed by atoms with Gasteiger partial charge in [-0.2, -0.15) is 0 Å². The Bertz CT molecular complexity index is 617. The van der Waals surface area contributed by atoms with Gasteiger partial charge < -0.3 is 126 Å². The van der Waals surface area contributed by atoms with Crippen LogP contribution in [-0.2, 0) is 109 Å². The SMILES string of the molecule is O=P([O-])([O-])OP(=O)([O-])[O-].O=P([O-])([O-])OP(=O)([O-])[O-].O=P([O-])([O-])OP(=O)([O-])[O-].OSO.OSO.OSO.[Fe+3].[Fe+3].[Fe+3].[Fe+3]. The van der Waals surface area contributed by atoms with Crippen molar-refractivity contribution in [1.82, 2.24) is 0 Å². The first kappa shape index (κ1) is 70.1. The third-order valence-electron chi connectivity index (χ3n) is 0.600. The quantitative estimate of drug-likeness (QED) is 0.0818. The summed E-state index contributed by atoms with van der Waals surface area (Å²) in [4.78, 5) is 112. The molecule has 0 spiro atoms. The van der Waals surface area contributed by atoms with Crippen LogP contribution in [0.1, 0.15) is 0 Å². The molecule has 0 aliphatic heterocycles. The third kappa shape index (κ3) is 147. The first-order chi connectivity index (χ1) is 15.4. The second-order valence-corrected chi connectivity index (χ2v) is 11.0. The van der Waals surface area contributed by atoms with Crippen LogP contribution in [0.3, 0.4) is 0 Å². The fourth-order valence-electron chi connectivity index (χ4n) is 0.367. The largest absolute Gasteiger partial charge is 3.00 e. The fraction of sp³-hybridized carbons (Fsp3) is 0. The van der Waals surface area contributed by atoms with Crippen molar-refractivity contribution in [3.8, 4) is 0 Å². The van der Waals surface area contributed by atoms with Crippen molar-refractivity contribution in [2.24, 2.45) is 0 Å². The molecule has 248 valence electrons. The Labute approximate surface area is 276 Å². The summed E-state index contributed by atoms with van der Waals surface area (Å²) >= 11 is -0.750. The van der Waals surface area contributed by atoms with E-state index in [1.165, 1.54) is 0 Å². The molecule has 0 amide bonds. The molecule has 0 unspecified atom stereocenters. The van der Waals surface area contributed by atoms with Crippen LogP contribution in [0.4, 0.5) is 0 Å². The molecule has 0 aromatic rings. The standard InChI is InChI=1S/4Fe.3H4O7P2.3H2O2S/c;;;;3*1-8(2,3)7-9(4,5)6;3*1-3-2/h;;;;3*(H2,1,2,3)(H2,4,5,6);3*1-2H/q4*+3;;;;;;/p-12. The minimum absolute atomic E-state index is 0. The van der Waals surface area contributed by atoms with E-state index >= 15 is 0 Å². The summed E-state index contributed by atoms with van der Waals surface area (Å²) in [5, 5.41) is 0. The van der Waals surface area contributed by atoms with Gasteiger partial charge in [-0.1, -0.05) is 0 Å². The minimum atomic E-state index is -5.68. The summed E-state index contributed by atoms with van der Waals surface area (Å²) in [7, 11) is -34.1. The van der Waals surface area contributed by atoms with Crippen LogP contribution in [0.25, 0.3) is 0 Å². The number of phosphoric acid groups is 6. The van der Waals surface area contributed by atoms with Crippen LogP contribution in [-0.4, -0.2) is 27.3 Å². The van der Waals surface area contributed by atoms with Gasteiger partial charge >= 0.3 is 68.3 Å². The number of rotatable bonds is 6. The van der Waals surface area contributed by atoms with E-state index in [4.69, 9.17) is 27.3 Å². The van der Waals surface area contributed by atoms with Crippen molar-refractivity contribution in [3.63, 3.8) is 0 Å². The molecule has 0 aliphatic carbocycles. The first-order valence-corrected chi connectivity index (χ1v) is 16.4. The van der Waals surface area contributed by atoms with Gasteiger partial charge in [0.25, 0.3) is 0 Å². The Balaban J connectivity index is -0.0000000351. The maximum Gasteiger partial charge on any atom is 3.00 e. The predicted molar refractivity (Wildman–Crippen MR) is 87.4 cm³/mol. The third-order valence-corrected chi connectivity index (χ3v) is 5.40. The Kier molecular flexibility index (Phi) is 62.3. The molecule has 0 saturated carbocycles. The predicted octanol–water partition coefficient (Wildman–Crippen LogP) is -8.03. The maximum absolute atomic E-state index is 9.32. The zero-order chi connectivity index (χ0) is 31.2. The Morgan fingerprint density at radius 2 is 0.375 bits per heavy atom. The zero-order valence-electron chi connectivity index (χ0n) is 16.6. The molecule has 0 rings (SSSR count). The van der Waals surface area contributed by atoms with Crippen molar-refractivity contribution in [1.29, 1.82) is 0 Å². The fourth-order valence-corrected chi connectivity index (χ4v) is 3.31. The molecule has 0 aromatic carbocycles. The molecule has 0 heterocycles. The summed E-state index contributed by atoms with van der Waals surface area (Å²) in [5.41, 5.74) is 0. The van der Waals surface area contributed by atoms with Crippen molar-refractivity contribution in [3.05, 3.63) is 0 Å². The van der Waals surface area contributed by atoms with Gasteiger partial charge in [-0.3, -0.25) is 0 Å². The molecule has 0 aliphatic rings. The average Bonchev–Trinajstić information content (AvgIpc) is 2.38. The Morgan fingerprint density at radius 1 is 0.325 bits per heavy atom. The van der Waals surface area contributed by atoms with E-state index in [1.807, 2.05) is 0 Å². The molecule has 27 nitrogen and oxygen atoms in total. The molecular formula is H6Fe4O27P6S3. The second-order valence-electron chi connectivity index (χ2n) is 3.17. The molecule has 6 N–H and O–H groups in total. The molecule has 0 atom stereocenters. The minimum Gasteiger partial charge on any atom is -0.790 e. The van der Waals surface area contributed by atoms with Crippen LogP contribution < -0.4 is 58.7 Å². The molecule has 0 fully saturated rings. The van der Waals surface area contributed by atoms with E-state index in [2.05, 4.69) is 12.9 Å². The Hall–Kier alpha value is 3.67. The molecule has 4 radical (unpaired) electrons. The van der Waals surface area contributed by atoms with Gasteiger partial charge in [0.2, 0.25) is 0 Å². The summed E-state index contributed by atoms with van der Waals surface area (Å²) in [6.45, 7) is 0. The van der Waals surface area contributed by atoms with E-state index in [0.29, 0.717) is 0 Å². The maximum atomic E-state index is 9.32. The Morgan fingerprint density at radius 3 is 0.375 bits per heavy atom. The van der Waals surface area contributed by atoms with Crippen molar-refractivity contribution >= 4 is 83.9 Å². The number of hydrogen-bond donors (Lipinski definition) is 6. The van der Waals surface area contributed by atoms with Crippen molar-refractivity contribution < 1.29 is 195 Å². The van der Waals surface area contributed by atoms with Gasteiger partial charge in [0.15, 0.2) is 37.0 Å². The second kappa shape index (κ2) is 35.5. The van der Waals surface area contributed by atoms with E-state index in [-0.39, 0.29) is 105 Å². The van der Waals surface area contributed by atoms with Gasteiger partial charge in [0.05, 0.1) is 46.9 Å².